The maximum atomic E-state index is 11.4. The van der Waals surface area contributed by atoms with Crippen molar-refractivity contribution in [3.8, 4) is 0 Å². The first-order valence-corrected chi connectivity index (χ1v) is 9.48. The van der Waals surface area contributed by atoms with Crippen molar-refractivity contribution in [2.75, 3.05) is 5.32 Å². The molecule has 2 nitrogen and oxygen atoms in total. The summed E-state index contributed by atoms with van der Waals surface area (Å²) in [5, 5.41) is 4.09. The van der Waals surface area contributed by atoms with Gasteiger partial charge in [-0.25, -0.2) is 0 Å². The van der Waals surface area contributed by atoms with E-state index in [4.69, 9.17) is 23.2 Å². The normalized spacial score (nSPS) is 19.6. The van der Waals surface area contributed by atoms with Crippen LogP contribution in [0.1, 0.15) is 62.1 Å². The second kappa shape index (κ2) is 7.39. The molecule has 2 aromatic carbocycles. The molecule has 25 heavy (non-hydrogen) atoms. The van der Waals surface area contributed by atoms with E-state index in [1.807, 2.05) is 18.2 Å². The zero-order chi connectivity index (χ0) is 18.1. The predicted molar refractivity (Wildman–Crippen MR) is 106 cm³/mol. The Labute approximate surface area is 159 Å². The van der Waals surface area contributed by atoms with Crippen molar-refractivity contribution in [2.24, 2.45) is 5.92 Å². The van der Waals surface area contributed by atoms with Crippen LogP contribution in [-0.4, -0.2) is 5.91 Å². The van der Waals surface area contributed by atoms with Gasteiger partial charge in [0.1, 0.15) is 0 Å². The van der Waals surface area contributed by atoms with Crippen molar-refractivity contribution in [2.45, 2.75) is 45.4 Å². The van der Waals surface area contributed by atoms with Crippen LogP contribution in [0.5, 0.6) is 0 Å². The van der Waals surface area contributed by atoms with E-state index in [-0.39, 0.29) is 5.91 Å². The van der Waals surface area contributed by atoms with E-state index in [1.54, 1.807) is 0 Å². The molecular formula is C21H23Cl2NO. The molecule has 0 heterocycles. The number of fused-ring (bicyclic) bond motifs is 1. The van der Waals surface area contributed by atoms with Gasteiger partial charge in [-0.05, 0) is 65.6 Å². The SMILES string of the molecule is CC(=O)Nc1ccc2c(c1)C(C(C)C)CCC2c1ccc(Cl)c(Cl)c1. The van der Waals surface area contributed by atoms with Crippen molar-refractivity contribution in [1.29, 1.82) is 0 Å². The molecule has 0 saturated heterocycles. The molecule has 4 heteroatoms. The first-order chi connectivity index (χ1) is 11.9. The van der Waals surface area contributed by atoms with E-state index in [9.17, 15) is 4.79 Å². The summed E-state index contributed by atoms with van der Waals surface area (Å²) in [6.07, 6.45) is 2.21. The lowest BCUT2D eigenvalue weighted by Crippen LogP contribution is -2.19. The molecule has 0 spiro atoms. The number of hydrogen-bond donors (Lipinski definition) is 1. The Morgan fingerprint density at radius 3 is 2.44 bits per heavy atom. The van der Waals surface area contributed by atoms with Gasteiger partial charge in [-0.1, -0.05) is 49.2 Å². The fourth-order valence-corrected chi connectivity index (χ4v) is 4.23. The van der Waals surface area contributed by atoms with E-state index in [0.717, 1.165) is 18.5 Å². The van der Waals surface area contributed by atoms with Gasteiger partial charge in [0.25, 0.3) is 0 Å². The fourth-order valence-electron chi connectivity index (χ4n) is 3.92. The van der Waals surface area contributed by atoms with Crippen LogP contribution >= 0.6 is 23.2 Å². The van der Waals surface area contributed by atoms with E-state index < -0.39 is 0 Å². The van der Waals surface area contributed by atoms with Crippen molar-refractivity contribution in [3.05, 3.63) is 63.1 Å². The largest absolute Gasteiger partial charge is 0.326 e. The summed E-state index contributed by atoms with van der Waals surface area (Å²) in [5.74, 6) is 1.33. The van der Waals surface area contributed by atoms with Crippen molar-refractivity contribution >= 4 is 34.8 Å². The first kappa shape index (κ1) is 18.3. The fraction of sp³-hybridized carbons (Fsp3) is 0.381. The highest BCUT2D eigenvalue weighted by atomic mass is 35.5. The Morgan fingerprint density at radius 2 is 1.80 bits per heavy atom. The van der Waals surface area contributed by atoms with E-state index in [0.29, 0.717) is 27.8 Å². The summed E-state index contributed by atoms with van der Waals surface area (Å²) < 4.78 is 0. The molecule has 2 aromatic rings. The third kappa shape index (κ3) is 3.86. The van der Waals surface area contributed by atoms with Crippen molar-refractivity contribution in [3.63, 3.8) is 0 Å². The van der Waals surface area contributed by atoms with Crippen LogP contribution in [0.4, 0.5) is 5.69 Å². The first-order valence-electron chi connectivity index (χ1n) is 8.73. The maximum absolute atomic E-state index is 11.4. The van der Waals surface area contributed by atoms with Crippen LogP contribution in [0.15, 0.2) is 36.4 Å². The molecule has 1 amide bonds. The van der Waals surface area contributed by atoms with Crippen molar-refractivity contribution in [1.82, 2.24) is 0 Å². The lowest BCUT2D eigenvalue weighted by Gasteiger charge is -2.34. The van der Waals surface area contributed by atoms with Gasteiger partial charge in [-0.15, -0.1) is 0 Å². The number of hydrogen-bond acceptors (Lipinski definition) is 1. The summed E-state index contributed by atoms with van der Waals surface area (Å²) in [7, 11) is 0. The lowest BCUT2D eigenvalue weighted by atomic mass is 9.70. The van der Waals surface area contributed by atoms with Crippen LogP contribution < -0.4 is 5.32 Å². The molecule has 0 radical (unpaired) electrons. The number of rotatable bonds is 3. The monoisotopic (exact) mass is 375 g/mol. The Morgan fingerprint density at radius 1 is 1.04 bits per heavy atom. The summed E-state index contributed by atoms with van der Waals surface area (Å²) in [4.78, 5) is 11.4. The average molecular weight is 376 g/mol. The smallest absolute Gasteiger partial charge is 0.221 e. The van der Waals surface area contributed by atoms with E-state index >= 15 is 0 Å². The standard InChI is InChI=1S/C21H23Cl2NO/c1-12(2)16-7-8-17(14-4-9-20(22)21(23)10-14)18-6-5-15(11-19(16)18)24-13(3)25/h4-6,9-12,16-17H,7-8H2,1-3H3,(H,24,25). The van der Waals surface area contributed by atoms with Gasteiger partial charge in [0.2, 0.25) is 5.91 Å². The van der Waals surface area contributed by atoms with E-state index in [1.165, 1.54) is 23.6 Å². The Bertz CT molecular complexity index is 800. The Balaban J connectivity index is 2.06. The molecule has 2 atom stereocenters. The van der Waals surface area contributed by atoms with Gasteiger partial charge in [-0.3, -0.25) is 4.79 Å². The van der Waals surface area contributed by atoms with Gasteiger partial charge in [-0.2, -0.15) is 0 Å². The number of halogens is 2. The van der Waals surface area contributed by atoms with Crippen LogP contribution in [0, 0.1) is 5.92 Å². The zero-order valence-electron chi connectivity index (χ0n) is 14.8. The Kier molecular flexibility index (Phi) is 5.41. The number of anilines is 1. The minimum absolute atomic E-state index is 0.0436. The highest BCUT2D eigenvalue weighted by molar-refractivity contribution is 6.42. The topological polar surface area (TPSA) is 29.1 Å². The third-order valence-electron chi connectivity index (χ3n) is 5.10. The average Bonchev–Trinajstić information content (AvgIpc) is 2.55. The second-order valence-electron chi connectivity index (χ2n) is 7.18. The van der Waals surface area contributed by atoms with Gasteiger partial charge in [0.05, 0.1) is 10.0 Å². The summed E-state index contributed by atoms with van der Waals surface area (Å²) in [6.45, 7) is 6.07. The summed E-state index contributed by atoms with van der Waals surface area (Å²) in [6, 6.07) is 12.2. The maximum Gasteiger partial charge on any atom is 0.221 e. The molecule has 2 unspecified atom stereocenters. The molecule has 0 aliphatic heterocycles. The molecular weight excluding hydrogens is 353 g/mol. The molecule has 0 aromatic heterocycles. The van der Waals surface area contributed by atoms with Gasteiger partial charge < -0.3 is 5.32 Å². The zero-order valence-corrected chi connectivity index (χ0v) is 16.3. The van der Waals surface area contributed by atoms with Crippen molar-refractivity contribution < 1.29 is 4.79 Å². The molecule has 1 aliphatic carbocycles. The molecule has 0 fully saturated rings. The van der Waals surface area contributed by atoms with Crippen LogP contribution in [-0.2, 0) is 4.79 Å². The molecule has 3 rings (SSSR count). The summed E-state index contributed by atoms with van der Waals surface area (Å²) in [5.41, 5.74) is 4.73. The molecule has 1 N–H and O–H groups in total. The third-order valence-corrected chi connectivity index (χ3v) is 5.84. The Hall–Kier alpha value is -1.51. The minimum Gasteiger partial charge on any atom is -0.326 e. The number of carbonyl (C=O) groups is 1. The highest BCUT2D eigenvalue weighted by Gasteiger charge is 2.30. The van der Waals surface area contributed by atoms with Crippen LogP contribution in [0.25, 0.3) is 0 Å². The number of amides is 1. The van der Waals surface area contributed by atoms with E-state index in [2.05, 4.69) is 37.4 Å². The molecule has 1 aliphatic rings. The molecule has 0 saturated carbocycles. The second-order valence-corrected chi connectivity index (χ2v) is 7.99. The number of nitrogens with one attached hydrogen (secondary N) is 1. The highest BCUT2D eigenvalue weighted by Crippen LogP contribution is 2.46. The van der Waals surface area contributed by atoms with Gasteiger partial charge >= 0.3 is 0 Å². The lowest BCUT2D eigenvalue weighted by molar-refractivity contribution is -0.114. The predicted octanol–water partition coefficient (Wildman–Crippen LogP) is 6.62. The summed E-state index contributed by atoms with van der Waals surface area (Å²) >= 11 is 12.3. The molecule has 132 valence electrons. The quantitative estimate of drug-likeness (QED) is 0.641. The minimum atomic E-state index is -0.0436. The van der Waals surface area contributed by atoms with Crippen LogP contribution in [0.2, 0.25) is 10.0 Å². The number of carbonyl (C=O) groups excluding carboxylic acids is 1. The molecule has 0 bridgehead atoms. The van der Waals surface area contributed by atoms with Gasteiger partial charge in [0, 0.05) is 18.5 Å². The number of benzene rings is 2. The van der Waals surface area contributed by atoms with Crippen LogP contribution in [0.3, 0.4) is 0 Å². The van der Waals surface area contributed by atoms with Gasteiger partial charge in [0.15, 0.2) is 0 Å².